The van der Waals surface area contributed by atoms with E-state index in [-0.39, 0.29) is 13.0 Å². The van der Waals surface area contributed by atoms with E-state index in [0.29, 0.717) is 0 Å². The van der Waals surface area contributed by atoms with Gasteiger partial charge in [-0.25, -0.2) is 4.79 Å². The molecule has 0 aromatic rings. The van der Waals surface area contributed by atoms with Gasteiger partial charge in [0.15, 0.2) is 6.23 Å². The lowest BCUT2D eigenvalue weighted by atomic mass is 10.1. The van der Waals surface area contributed by atoms with E-state index in [9.17, 15) is 19.8 Å². The molecule has 8 nitrogen and oxygen atoms in total. The lowest BCUT2D eigenvalue weighted by Crippen LogP contribution is -2.56. The largest absolute Gasteiger partial charge is 0.394 e. The van der Waals surface area contributed by atoms with Crippen LogP contribution in [0.1, 0.15) is 6.42 Å². The molecule has 0 spiro atoms. The predicted octanol–water partition coefficient (Wildman–Crippen LogP) is -2.63. The SMILES string of the molecule is O=C1CCN(C2O[C@H](CO)[C@@H](O)[C@@H]2O)C(=O)N1. The average Bonchev–Trinajstić information content (AvgIpc) is 2.57. The van der Waals surface area contributed by atoms with Crippen LogP contribution in [0, 0.1) is 0 Å². The molecule has 0 radical (unpaired) electrons. The highest BCUT2D eigenvalue weighted by Gasteiger charge is 2.47. The van der Waals surface area contributed by atoms with Gasteiger partial charge in [-0.3, -0.25) is 15.0 Å². The molecule has 2 rings (SSSR count). The number of urea groups is 1. The smallest absolute Gasteiger partial charge is 0.326 e. The molecule has 17 heavy (non-hydrogen) atoms. The minimum atomic E-state index is -1.30. The Labute approximate surface area is 96.8 Å². The van der Waals surface area contributed by atoms with Gasteiger partial charge in [0.25, 0.3) is 0 Å². The van der Waals surface area contributed by atoms with Crippen LogP contribution >= 0.6 is 0 Å². The van der Waals surface area contributed by atoms with Gasteiger partial charge in [0, 0.05) is 13.0 Å². The molecule has 2 heterocycles. The summed E-state index contributed by atoms with van der Waals surface area (Å²) in [4.78, 5) is 23.6. The Balaban J connectivity index is 2.08. The predicted molar refractivity (Wildman–Crippen MR) is 52.6 cm³/mol. The van der Waals surface area contributed by atoms with E-state index >= 15 is 0 Å². The van der Waals surface area contributed by atoms with Crippen molar-refractivity contribution in [2.45, 2.75) is 31.0 Å². The molecule has 2 aliphatic heterocycles. The van der Waals surface area contributed by atoms with Gasteiger partial charge in [0.05, 0.1) is 6.61 Å². The zero-order valence-corrected chi connectivity index (χ0v) is 8.94. The summed E-state index contributed by atoms with van der Waals surface area (Å²) in [6, 6.07) is -0.670. The molecule has 0 bridgehead atoms. The lowest BCUT2D eigenvalue weighted by molar-refractivity contribution is -0.125. The highest BCUT2D eigenvalue weighted by molar-refractivity contribution is 5.96. The van der Waals surface area contributed by atoms with Crippen molar-refractivity contribution in [3.05, 3.63) is 0 Å². The van der Waals surface area contributed by atoms with E-state index in [0.717, 1.165) is 4.90 Å². The molecule has 4 atom stereocenters. The highest BCUT2D eigenvalue weighted by Crippen LogP contribution is 2.25. The van der Waals surface area contributed by atoms with Gasteiger partial charge in [-0.1, -0.05) is 0 Å². The number of carbonyl (C=O) groups excluding carboxylic acids is 2. The summed E-state index contributed by atoms with van der Waals surface area (Å²) in [6.45, 7) is -0.347. The molecule has 3 amide bonds. The Morgan fingerprint density at radius 1 is 1.35 bits per heavy atom. The van der Waals surface area contributed by atoms with E-state index in [4.69, 9.17) is 9.84 Å². The first-order valence-electron chi connectivity index (χ1n) is 5.27. The summed E-state index contributed by atoms with van der Waals surface area (Å²) in [6.07, 6.45) is -4.42. The number of carbonyl (C=O) groups is 2. The second-order valence-electron chi connectivity index (χ2n) is 4.03. The first-order chi connectivity index (χ1) is 8.04. The van der Waals surface area contributed by atoms with Gasteiger partial charge in [-0.2, -0.15) is 0 Å². The fourth-order valence-corrected chi connectivity index (χ4v) is 1.96. The van der Waals surface area contributed by atoms with Gasteiger partial charge >= 0.3 is 6.03 Å². The zero-order chi connectivity index (χ0) is 12.6. The van der Waals surface area contributed by atoms with Gasteiger partial charge in [0.1, 0.15) is 18.3 Å². The molecule has 1 unspecified atom stereocenters. The van der Waals surface area contributed by atoms with E-state index in [2.05, 4.69) is 5.32 Å². The molecule has 0 aromatic heterocycles. The van der Waals surface area contributed by atoms with Crippen molar-refractivity contribution < 1.29 is 29.6 Å². The maximum Gasteiger partial charge on any atom is 0.326 e. The molecule has 0 aliphatic carbocycles. The fraction of sp³-hybridized carbons (Fsp3) is 0.778. The van der Waals surface area contributed by atoms with Crippen LogP contribution in [0.25, 0.3) is 0 Å². The third-order valence-electron chi connectivity index (χ3n) is 2.91. The minimum absolute atomic E-state index is 0.108. The van der Waals surface area contributed by atoms with E-state index in [1.807, 2.05) is 0 Å². The Bertz CT molecular complexity index is 335. The van der Waals surface area contributed by atoms with E-state index in [1.165, 1.54) is 0 Å². The molecule has 0 saturated carbocycles. The number of nitrogens with zero attached hydrogens (tertiary/aromatic N) is 1. The van der Waals surface area contributed by atoms with Crippen molar-refractivity contribution in [3.63, 3.8) is 0 Å². The summed E-state index contributed by atoms with van der Waals surface area (Å²) in [7, 11) is 0. The normalized spacial score (nSPS) is 38.4. The maximum atomic E-state index is 11.5. The first-order valence-corrected chi connectivity index (χ1v) is 5.27. The summed E-state index contributed by atoms with van der Waals surface area (Å²) < 4.78 is 5.18. The number of aliphatic hydroxyl groups excluding tert-OH is 3. The Kier molecular flexibility index (Phi) is 3.29. The van der Waals surface area contributed by atoms with Crippen LogP contribution in [-0.4, -0.2) is 69.8 Å². The second-order valence-corrected chi connectivity index (χ2v) is 4.03. The van der Waals surface area contributed by atoms with Crippen molar-refractivity contribution in [1.82, 2.24) is 10.2 Å². The van der Waals surface area contributed by atoms with Crippen molar-refractivity contribution in [3.8, 4) is 0 Å². The third-order valence-corrected chi connectivity index (χ3v) is 2.91. The summed E-state index contributed by atoms with van der Waals surface area (Å²) in [5, 5.41) is 30.2. The van der Waals surface area contributed by atoms with Gasteiger partial charge in [0.2, 0.25) is 5.91 Å². The second kappa shape index (κ2) is 4.57. The summed E-state index contributed by atoms with van der Waals surface area (Å²) >= 11 is 0. The van der Waals surface area contributed by atoms with Crippen LogP contribution in [0.3, 0.4) is 0 Å². The lowest BCUT2D eigenvalue weighted by Gasteiger charge is -2.32. The quantitative estimate of drug-likeness (QED) is 0.423. The van der Waals surface area contributed by atoms with E-state index in [1.54, 1.807) is 0 Å². The average molecular weight is 246 g/mol. The zero-order valence-electron chi connectivity index (χ0n) is 8.94. The Morgan fingerprint density at radius 3 is 2.59 bits per heavy atom. The molecule has 4 N–H and O–H groups in total. The summed E-state index contributed by atoms with van der Waals surface area (Å²) in [5.41, 5.74) is 0. The number of ether oxygens (including phenoxy) is 1. The molecular formula is C9H14N2O6. The number of aliphatic hydroxyl groups is 3. The van der Waals surface area contributed by atoms with Crippen molar-refractivity contribution in [2.75, 3.05) is 13.2 Å². The van der Waals surface area contributed by atoms with Crippen LogP contribution in [0.5, 0.6) is 0 Å². The molecule has 2 aliphatic rings. The van der Waals surface area contributed by atoms with Crippen molar-refractivity contribution >= 4 is 11.9 Å². The number of nitrogens with one attached hydrogen (secondary N) is 1. The van der Waals surface area contributed by atoms with Crippen LogP contribution in [0.15, 0.2) is 0 Å². The fourth-order valence-electron chi connectivity index (χ4n) is 1.96. The Hall–Kier alpha value is -1.22. The summed E-state index contributed by atoms with van der Waals surface area (Å²) in [5.74, 6) is -0.391. The van der Waals surface area contributed by atoms with Crippen LogP contribution in [0.2, 0.25) is 0 Å². The number of rotatable bonds is 2. The highest BCUT2D eigenvalue weighted by atomic mass is 16.6. The molecule has 0 aromatic carbocycles. The molecule has 2 fully saturated rings. The number of amides is 3. The number of imide groups is 1. The third kappa shape index (κ3) is 2.12. The van der Waals surface area contributed by atoms with Crippen LogP contribution in [-0.2, 0) is 9.53 Å². The Morgan fingerprint density at radius 2 is 2.06 bits per heavy atom. The van der Waals surface area contributed by atoms with Crippen molar-refractivity contribution in [2.24, 2.45) is 0 Å². The van der Waals surface area contributed by atoms with Crippen LogP contribution in [0.4, 0.5) is 4.79 Å². The standard InChI is InChI=1S/C9H14N2O6/c12-3-4-6(14)7(15)8(17-4)11-2-1-5(13)10-9(11)16/h4,6-8,12,14-15H,1-3H2,(H,10,13,16)/t4-,6-,7+,8?/m1/s1. The minimum Gasteiger partial charge on any atom is -0.394 e. The van der Waals surface area contributed by atoms with Gasteiger partial charge in [-0.15, -0.1) is 0 Å². The van der Waals surface area contributed by atoms with Crippen LogP contribution < -0.4 is 5.32 Å². The van der Waals surface area contributed by atoms with Gasteiger partial charge in [-0.05, 0) is 0 Å². The monoisotopic (exact) mass is 246 g/mol. The maximum absolute atomic E-state index is 11.5. The topological polar surface area (TPSA) is 119 Å². The number of hydrogen-bond acceptors (Lipinski definition) is 6. The van der Waals surface area contributed by atoms with Crippen molar-refractivity contribution in [1.29, 1.82) is 0 Å². The molecule has 2 saturated heterocycles. The number of hydrogen-bond donors (Lipinski definition) is 4. The van der Waals surface area contributed by atoms with E-state index < -0.39 is 43.1 Å². The molecular weight excluding hydrogens is 232 g/mol. The molecule has 96 valence electrons. The first kappa shape index (κ1) is 12.2. The van der Waals surface area contributed by atoms with Gasteiger partial charge < -0.3 is 20.1 Å². The molecule has 8 heteroatoms.